The van der Waals surface area contributed by atoms with Crippen molar-refractivity contribution in [2.24, 2.45) is 0 Å². The minimum atomic E-state index is 0.367. The molecule has 62 valence electrons. The summed E-state index contributed by atoms with van der Waals surface area (Å²) in [6.07, 6.45) is 2.31. The first-order valence-corrected chi connectivity index (χ1v) is 4.72. The number of nitriles is 1. The van der Waals surface area contributed by atoms with Gasteiger partial charge in [-0.3, -0.25) is 0 Å². The zero-order valence-electron chi connectivity index (χ0n) is 6.36. The summed E-state index contributed by atoms with van der Waals surface area (Å²) in [5, 5.41) is 16.5. The van der Waals surface area contributed by atoms with Crippen LogP contribution in [0.15, 0.2) is 9.64 Å². The number of thioether (sulfide) groups is 1. The van der Waals surface area contributed by atoms with E-state index in [1.54, 1.807) is 0 Å². The lowest BCUT2D eigenvalue weighted by atomic mass is 10.4. The van der Waals surface area contributed by atoms with Gasteiger partial charge in [-0.25, -0.2) is 0 Å². The predicted molar refractivity (Wildman–Crippen MR) is 42.6 cm³/mol. The maximum Gasteiger partial charge on any atom is 0.277 e. The van der Waals surface area contributed by atoms with E-state index in [0.717, 1.165) is 18.7 Å². The highest BCUT2D eigenvalue weighted by Gasteiger charge is 2.29. The Hall–Kier alpha value is -1.02. The van der Waals surface area contributed by atoms with Crippen LogP contribution < -0.4 is 0 Å². The van der Waals surface area contributed by atoms with E-state index in [0.29, 0.717) is 16.9 Å². The van der Waals surface area contributed by atoms with Crippen LogP contribution in [0.5, 0.6) is 0 Å². The van der Waals surface area contributed by atoms with Crippen LogP contribution in [0.3, 0.4) is 0 Å². The van der Waals surface area contributed by atoms with Gasteiger partial charge in [-0.15, -0.1) is 10.2 Å². The summed E-state index contributed by atoms with van der Waals surface area (Å²) in [4.78, 5) is 0. The van der Waals surface area contributed by atoms with Gasteiger partial charge >= 0.3 is 0 Å². The third-order valence-corrected chi connectivity index (χ3v) is 2.29. The molecule has 5 heteroatoms. The summed E-state index contributed by atoms with van der Waals surface area (Å²) in [6.45, 7) is 0. The van der Waals surface area contributed by atoms with Crippen LogP contribution in [0.2, 0.25) is 0 Å². The highest BCUT2D eigenvalue weighted by atomic mass is 32.2. The molecule has 1 aliphatic carbocycles. The van der Waals surface area contributed by atoms with Crippen molar-refractivity contribution in [1.82, 2.24) is 10.2 Å². The fraction of sp³-hybridized carbons (Fsp3) is 0.571. The van der Waals surface area contributed by atoms with E-state index in [-0.39, 0.29) is 0 Å². The van der Waals surface area contributed by atoms with Gasteiger partial charge in [-0.1, -0.05) is 11.8 Å². The molecule has 0 saturated heterocycles. The molecule has 0 bridgehead atoms. The van der Waals surface area contributed by atoms with Crippen LogP contribution in [-0.4, -0.2) is 16.0 Å². The molecule has 2 rings (SSSR count). The lowest BCUT2D eigenvalue weighted by Crippen LogP contribution is -1.76. The van der Waals surface area contributed by atoms with Crippen molar-refractivity contribution in [1.29, 1.82) is 5.26 Å². The minimum absolute atomic E-state index is 0.367. The quantitative estimate of drug-likeness (QED) is 0.662. The van der Waals surface area contributed by atoms with Gasteiger partial charge in [0.1, 0.15) is 0 Å². The second-order valence-corrected chi connectivity index (χ2v) is 3.55. The molecular formula is C7H7N3OS. The number of nitrogens with zero attached hydrogens (tertiary/aromatic N) is 3. The first kappa shape index (κ1) is 7.62. The summed E-state index contributed by atoms with van der Waals surface area (Å²) < 4.78 is 5.30. The van der Waals surface area contributed by atoms with E-state index in [4.69, 9.17) is 9.68 Å². The Bertz CT molecular complexity index is 313. The molecule has 0 unspecified atom stereocenters. The Balaban J connectivity index is 1.99. The van der Waals surface area contributed by atoms with Crippen molar-refractivity contribution in [3.63, 3.8) is 0 Å². The number of hydrogen-bond acceptors (Lipinski definition) is 5. The molecule has 1 aromatic rings. The molecule has 1 heterocycles. The summed E-state index contributed by atoms with van der Waals surface area (Å²) in [5.41, 5.74) is 0. The van der Waals surface area contributed by atoms with Crippen molar-refractivity contribution in [2.45, 2.75) is 24.0 Å². The van der Waals surface area contributed by atoms with Gasteiger partial charge in [0.2, 0.25) is 5.89 Å². The summed E-state index contributed by atoms with van der Waals surface area (Å²) in [5.74, 6) is 1.59. The van der Waals surface area contributed by atoms with E-state index >= 15 is 0 Å². The van der Waals surface area contributed by atoms with E-state index in [1.165, 1.54) is 11.8 Å². The fourth-order valence-electron chi connectivity index (χ4n) is 0.868. The molecule has 0 N–H and O–H groups in total. The van der Waals surface area contributed by atoms with Gasteiger partial charge in [0, 0.05) is 5.92 Å². The molecule has 1 saturated carbocycles. The first-order valence-electron chi connectivity index (χ1n) is 3.73. The Morgan fingerprint density at radius 3 is 3.08 bits per heavy atom. The molecule has 1 fully saturated rings. The van der Waals surface area contributed by atoms with Crippen molar-refractivity contribution < 1.29 is 4.42 Å². The minimum Gasteiger partial charge on any atom is -0.416 e. The zero-order chi connectivity index (χ0) is 8.39. The van der Waals surface area contributed by atoms with Crippen LogP contribution in [0.4, 0.5) is 0 Å². The number of rotatable bonds is 3. The van der Waals surface area contributed by atoms with Crippen LogP contribution in [-0.2, 0) is 0 Å². The van der Waals surface area contributed by atoms with Crippen molar-refractivity contribution >= 4 is 11.8 Å². The Kier molecular flexibility index (Phi) is 2.00. The number of hydrogen-bond donors (Lipinski definition) is 0. The summed E-state index contributed by atoms with van der Waals surface area (Å²) in [6, 6.07) is 2.01. The monoisotopic (exact) mass is 181 g/mol. The smallest absolute Gasteiger partial charge is 0.277 e. The average Bonchev–Trinajstić information content (AvgIpc) is 2.83. The van der Waals surface area contributed by atoms with E-state index in [1.807, 2.05) is 6.07 Å². The SMILES string of the molecule is N#CCSc1nnc(C2CC2)o1. The molecular weight excluding hydrogens is 174 g/mol. The average molecular weight is 181 g/mol. The topological polar surface area (TPSA) is 62.7 Å². The highest BCUT2D eigenvalue weighted by molar-refractivity contribution is 7.99. The molecule has 0 aromatic carbocycles. The van der Waals surface area contributed by atoms with E-state index in [9.17, 15) is 0 Å². The second kappa shape index (κ2) is 3.15. The molecule has 0 radical (unpaired) electrons. The Morgan fingerprint density at radius 1 is 1.58 bits per heavy atom. The third kappa shape index (κ3) is 1.59. The lowest BCUT2D eigenvalue weighted by molar-refractivity contribution is 0.414. The maximum atomic E-state index is 8.30. The molecule has 1 aromatic heterocycles. The molecule has 4 nitrogen and oxygen atoms in total. The van der Waals surface area contributed by atoms with Crippen molar-refractivity contribution in [3.05, 3.63) is 5.89 Å². The largest absolute Gasteiger partial charge is 0.416 e. The summed E-state index contributed by atoms with van der Waals surface area (Å²) >= 11 is 1.29. The van der Waals surface area contributed by atoms with Crippen LogP contribution >= 0.6 is 11.8 Å². The molecule has 1 aliphatic rings. The molecule has 0 aliphatic heterocycles. The predicted octanol–water partition coefficient (Wildman–Crippen LogP) is 1.56. The third-order valence-electron chi connectivity index (χ3n) is 1.61. The fourth-order valence-corrected chi connectivity index (χ4v) is 1.30. The van der Waals surface area contributed by atoms with Crippen LogP contribution in [0, 0.1) is 11.3 Å². The second-order valence-electron chi connectivity index (χ2n) is 2.63. The highest BCUT2D eigenvalue weighted by Crippen LogP contribution is 2.39. The molecule has 0 spiro atoms. The van der Waals surface area contributed by atoms with Crippen molar-refractivity contribution in [3.8, 4) is 6.07 Å². The normalized spacial score (nSPS) is 15.9. The maximum absolute atomic E-state index is 8.30. The van der Waals surface area contributed by atoms with E-state index in [2.05, 4.69) is 10.2 Å². The Morgan fingerprint density at radius 2 is 2.42 bits per heavy atom. The van der Waals surface area contributed by atoms with Crippen molar-refractivity contribution in [2.75, 3.05) is 5.75 Å². The van der Waals surface area contributed by atoms with E-state index < -0.39 is 0 Å². The Labute approximate surface area is 74.0 Å². The zero-order valence-corrected chi connectivity index (χ0v) is 7.17. The lowest BCUT2D eigenvalue weighted by Gasteiger charge is -1.84. The van der Waals surface area contributed by atoms with Crippen LogP contribution in [0.25, 0.3) is 0 Å². The van der Waals surface area contributed by atoms with Crippen LogP contribution in [0.1, 0.15) is 24.7 Å². The number of aromatic nitrogens is 2. The van der Waals surface area contributed by atoms with Gasteiger partial charge in [0.25, 0.3) is 5.22 Å². The molecule has 0 atom stereocenters. The van der Waals surface area contributed by atoms with Gasteiger partial charge in [-0.2, -0.15) is 5.26 Å². The van der Waals surface area contributed by atoms with Gasteiger partial charge in [0.05, 0.1) is 11.8 Å². The molecule has 0 amide bonds. The van der Waals surface area contributed by atoms with Gasteiger partial charge < -0.3 is 4.42 Å². The standard InChI is InChI=1S/C7H7N3OS/c8-3-4-12-7-10-9-6(11-7)5-1-2-5/h5H,1-2,4H2. The van der Waals surface area contributed by atoms with Gasteiger partial charge in [-0.05, 0) is 12.8 Å². The molecule has 12 heavy (non-hydrogen) atoms. The summed E-state index contributed by atoms with van der Waals surface area (Å²) in [7, 11) is 0. The van der Waals surface area contributed by atoms with Gasteiger partial charge in [0.15, 0.2) is 0 Å². The first-order chi connectivity index (χ1) is 5.90.